The van der Waals surface area contributed by atoms with Crippen molar-refractivity contribution in [1.82, 2.24) is 9.55 Å². The Morgan fingerprint density at radius 3 is 3.00 bits per heavy atom. The fourth-order valence-electron chi connectivity index (χ4n) is 2.57. The Morgan fingerprint density at radius 2 is 2.33 bits per heavy atom. The molecule has 0 unspecified atom stereocenters. The third-order valence-corrected chi connectivity index (χ3v) is 3.62. The molecular formula is C14H17FN2O4. The predicted octanol–water partition coefficient (Wildman–Crippen LogP) is 1.21. The van der Waals surface area contributed by atoms with E-state index in [2.05, 4.69) is 4.98 Å². The minimum atomic E-state index is -0.745. The summed E-state index contributed by atoms with van der Waals surface area (Å²) < 4.78 is 26.4. The molecule has 21 heavy (non-hydrogen) atoms. The lowest BCUT2D eigenvalue weighted by atomic mass is 10.2. The first kappa shape index (κ1) is 14.2. The van der Waals surface area contributed by atoms with E-state index in [1.807, 2.05) is 0 Å². The summed E-state index contributed by atoms with van der Waals surface area (Å²) in [6.07, 6.45) is 0.0205. The van der Waals surface area contributed by atoms with Crippen LogP contribution in [-0.4, -0.2) is 45.2 Å². The number of ether oxygens (including phenoxy) is 2. The van der Waals surface area contributed by atoms with Crippen LogP contribution >= 0.6 is 0 Å². The third kappa shape index (κ3) is 2.48. The Bertz CT molecular complexity index is 645. The van der Waals surface area contributed by atoms with Crippen LogP contribution in [-0.2, 0) is 4.74 Å². The molecule has 3 atom stereocenters. The number of aromatic nitrogens is 2. The van der Waals surface area contributed by atoms with Gasteiger partial charge in [0.25, 0.3) is 0 Å². The molecule has 0 amide bonds. The topological polar surface area (TPSA) is 76.7 Å². The normalized spacial score (nSPS) is 25.6. The van der Waals surface area contributed by atoms with Crippen LogP contribution in [0.2, 0.25) is 0 Å². The maximum Gasteiger partial charge on any atom is 0.167 e. The van der Waals surface area contributed by atoms with Gasteiger partial charge in [0, 0.05) is 18.6 Å². The number of benzene rings is 1. The molecule has 3 rings (SSSR count). The molecule has 6 nitrogen and oxygen atoms in total. The van der Waals surface area contributed by atoms with E-state index in [-0.39, 0.29) is 12.4 Å². The number of nitrogens with zero attached hydrogens (tertiary/aromatic N) is 2. The molecular weight excluding hydrogens is 279 g/mol. The molecule has 2 heterocycles. The van der Waals surface area contributed by atoms with Gasteiger partial charge in [0.2, 0.25) is 0 Å². The van der Waals surface area contributed by atoms with Crippen molar-refractivity contribution >= 4 is 11.0 Å². The lowest BCUT2D eigenvalue weighted by molar-refractivity contribution is -0.0430. The maximum atomic E-state index is 14.0. The zero-order chi connectivity index (χ0) is 15.0. The van der Waals surface area contributed by atoms with Crippen LogP contribution in [0.4, 0.5) is 4.39 Å². The predicted molar refractivity (Wildman–Crippen MR) is 72.5 cm³/mol. The number of halogens is 1. The van der Waals surface area contributed by atoms with Crippen LogP contribution in [0.5, 0.6) is 5.75 Å². The summed E-state index contributed by atoms with van der Waals surface area (Å²) in [5.41, 5.74) is 1.15. The molecule has 2 aromatic rings. The Kier molecular flexibility index (Phi) is 3.79. The van der Waals surface area contributed by atoms with Gasteiger partial charge in [0.05, 0.1) is 36.7 Å². The average Bonchev–Trinajstić information content (AvgIpc) is 3.02. The molecule has 1 aliphatic heterocycles. The van der Waals surface area contributed by atoms with Gasteiger partial charge in [-0.05, 0) is 6.92 Å². The van der Waals surface area contributed by atoms with Crippen LogP contribution in [0.25, 0.3) is 11.0 Å². The first-order chi connectivity index (χ1) is 10.1. The Morgan fingerprint density at radius 1 is 1.52 bits per heavy atom. The summed E-state index contributed by atoms with van der Waals surface area (Å²) in [6.45, 7) is 1.90. The number of aliphatic hydroxyl groups excluding tert-OH is 2. The highest BCUT2D eigenvalue weighted by atomic mass is 19.1. The molecule has 1 fully saturated rings. The van der Waals surface area contributed by atoms with Crippen molar-refractivity contribution in [3.8, 4) is 5.75 Å². The van der Waals surface area contributed by atoms with Crippen molar-refractivity contribution in [2.45, 2.75) is 31.8 Å². The van der Waals surface area contributed by atoms with E-state index in [1.165, 1.54) is 12.4 Å². The molecule has 1 saturated heterocycles. The summed E-state index contributed by atoms with van der Waals surface area (Å²) in [5, 5.41) is 18.9. The minimum Gasteiger partial charge on any atom is -0.491 e. The van der Waals surface area contributed by atoms with Gasteiger partial charge in [-0.1, -0.05) is 0 Å². The average molecular weight is 296 g/mol. The van der Waals surface area contributed by atoms with E-state index in [0.717, 1.165) is 0 Å². The monoisotopic (exact) mass is 296 g/mol. The standard InChI is InChI=1S/C14H17FN2O4/c1-2-20-12-4-9-10(3-8(12)15)17(7-16-9)14-5-11(19)13(6-18)21-14/h3-4,7,11,13-14,18-19H,2,5-6H2,1H3/t11-,13+,14+/m0/s1. The first-order valence-electron chi connectivity index (χ1n) is 6.87. The van der Waals surface area contributed by atoms with E-state index >= 15 is 0 Å². The number of imidazole rings is 1. The third-order valence-electron chi connectivity index (χ3n) is 3.62. The Hall–Kier alpha value is -1.70. The lowest BCUT2D eigenvalue weighted by Crippen LogP contribution is -2.24. The van der Waals surface area contributed by atoms with Gasteiger partial charge >= 0.3 is 0 Å². The molecule has 1 aliphatic rings. The molecule has 1 aromatic heterocycles. The van der Waals surface area contributed by atoms with E-state index in [0.29, 0.717) is 24.1 Å². The van der Waals surface area contributed by atoms with Crippen molar-refractivity contribution in [1.29, 1.82) is 0 Å². The van der Waals surface area contributed by atoms with Gasteiger partial charge in [-0.15, -0.1) is 0 Å². The molecule has 2 N–H and O–H groups in total. The largest absolute Gasteiger partial charge is 0.491 e. The number of fused-ring (bicyclic) bond motifs is 1. The zero-order valence-electron chi connectivity index (χ0n) is 11.6. The van der Waals surface area contributed by atoms with Gasteiger partial charge in [-0.3, -0.25) is 0 Å². The molecule has 0 radical (unpaired) electrons. The lowest BCUT2D eigenvalue weighted by Gasteiger charge is -2.14. The highest BCUT2D eigenvalue weighted by molar-refractivity contribution is 5.77. The summed E-state index contributed by atoms with van der Waals surface area (Å²) in [7, 11) is 0. The molecule has 0 spiro atoms. The highest BCUT2D eigenvalue weighted by Gasteiger charge is 2.35. The summed E-state index contributed by atoms with van der Waals surface area (Å²) in [4.78, 5) is 4.22. The number of rotatable bonds is 4. The van der Waals surface area contributed by atoms with Crippen LogP contribution in [0.1, 0.15) is 19.6 Å². The van der Waals surface area contributed by atoms with Crippen LogP contribution < -0.4 is 4.74 Å². The van der Waals surface area contributed by atoms with Crippen LogP contribution in [0.3, 0.4) is 0 Å². The van der Waals surface area contributed by atoms with Gasteiger partial charge in [-0.25, -0.2) is 9.37 Å². The molecule has 114 valence electrons. The molecule has 7 heteroatoms. The summed E-state index contributed by atoms with van der Waals surface area (Å²) >= 11 is 0. The van der Waals surface area contributed by atoms with Gasteiger partial charge in [0.1, 0.15) is 12.3 Å². The quantitative estimate of drug-likeness (QED) is 0.887. The number of hydrogen-bond donors (Lipinski definition) is 2. The molecule has 0 aliphatic carbocycles. The van der Waals surface area contributed by atoms with Crippen LogP contribution in [0, 0.1) is 5.82 Å². The Labute approximate surface area is 120 Å². The zero-order valence-corrected chi connectivity index (χ0v) is 11.6. The maximum absolute atomic E-state index is 14.0. The van der Waals surface area contributed by atoms with Crippen LogP contribution in [0.15, 0.2) is 18.5 Å². The first-order valence-corrected chi connectivity index (χ1v) is 6.87. The molecule has 0 bridgehead atoms. The fraction of sp³-hybridized carbons (Fsp3) is 0.500. The summed E-state index contributed by atoms with van der Waals surface area (Å²) in [6, 6.07) is 2.88. The minimum absolute atomic E-state index is 0.163. The fourth-order valence-corrected chi connectivity index (χ4v) is 2.57. The van der Waals surface area contributed by atoms with Gasteiger partial charge in [-0.2, -0.15) is 0 Å². The second kappa shape index (κ2) is 5.59. The van der Waals surface area contributed by atoms with Crippen molar-refractivity contribution in [2.24, 2.45) is 0 Å². The second-order valence-corrected chi connectivity index (χ2v) is 4.97. The van der Waals surface area contributed by atoms with E-state index in [9.17, 15) is 9.50 Å². The summed E-state index contributed by atoms with van der Waals surface area (Å²) in [5.74, 6) is -0.306. The van der Waals surface area contributed by atoms with Crippen molar-refractivity contribution in [3.05, 3.63) is 24.3 Å². The SMILES string of the molecule is CCOc1cc2ncn([C@H]3C[C@H](O)[C@@H](CO)O3)c2cc1F. The van der Waals surface area contributed by atoms with Crippen molar-refractivity contribution < 1.29 is 24.1 Å². The second-order valence-electron chi connectivity index (χ2n) is 4.97. The highest BCUT2D eigenvalue weighted by Crippen LogP contribution is 2.32. The van der Waals surface area contributed by atoms with E-state index in [1.54, 1.807) is 17.6 Å². The molecule has 0 saturated carbocycles. The number of aliphatic hydroxyl groups is 2. The van der Waals surface area contributed by atoms with Gasteiger partial charge in [0.15, 0.2) is 11.6 Å². The van der Waals surface area contributed by atoms with E-state index in [4.69, 9.17) is 14.6 Å². The van der Waals surface area contributed by atoms with Gasteiger partial charge < -0.3 is 24.3 Å². The van der Waals surface area contributed by atoms with Crippen molar-refractivity contribution in [2.75, 3.05) is 13.2 Å². The smallest absolute Gasteiger partial charge is 0.167 e. The Balaban J connectivity index is 1.96. The number of hydrogen-bond acceptors (Lipinski definition) is 5. The van der Waals surface area contributed by atoms with E-state index < -0.39 is 24.3 Å². The molecule has 1 aromatic carbocycles. The van der Waals surface area contributed by atoms with Crippen molar-refractivity contribution in [3.63, 3.8) is 0 Å².